The number of amides is 2. The Morgan fingerprint density at radius 3 is 2.45 bits per heavy atom. The van der Waals surface area contributed by atoms with Gasteiger partial charge < -0.3 is 14.6 Å². The second-order valence-electron chi connectivity index (χ2n) is 9.99. The number of furan rings is 1. The van der Waals surface area contributed by atoms with Gasteiger partial charge in [-0.2, -0.15) is 0 Å². The largest absolute Gasteiger partial charge is 0.464 e. The van der Waals surface area contributed by atoms with Crippen LogP contribution in [0.3, 0.4) is 0 Å². The highest BCUT2D eigenvalue weighted by atomic mass is 16.3. The molecule has 5 heteroatoms. The zero-order chi connectivity index (χ0) is 23.1. The van der Waals surface area contributed by atoms with E-state index < -0.39 is 0 Å². The van der Waals surface area contributed by atoms with Crippen LogP contribution in [0.25, 0.3) is 11.0 Å². The highest BCUT2D eigenvalue weighted by Gasteiger charge is 2.33. The first kappa shape index (κ1) is 21.7. The number of rotatable bonds is 8. The fourth-order valence-electron chi connectivity index (χ4n) is 4.53. The van der Waals surface area contributed by atoms with Crippen molar-refractivity contribution in [3.63, 3.8) is 0 Å². The molecule has 33 heavy (non-hydrogen) atoms. The third-order valence-electron chi connectivity index (χ3n) is 6.80. The van der Waals surface area contributed by atoms with Crippen molar-refractivity contribution in [3.05, 3.63) is 70.5 Å². The van der Waals surface area contributed by atoms with Crippen LogP contribution < -0.4 is 5.32 Å². The molecule has 3 aromatic rings. The lowest BCUT2D eigenvalue weighted by Crippen LogP contribution is -2.33. The van der Waals surface area contributed by atoms with Crippen LogP contribution in [0.5, 0.6) is 0 Å². The zero-order valence-corrected chi connectivity index (χ0v) is 19.7. The van der Waals surface area contributed by atoms with E-state index >= 15 is 0 Å². The smallest absolute Gasteiger partial charge is 0.251 e. The first-order chi connectivity index (χ1) is 15.9. The maximum absolute atomic E-state index is 13.3. The van der Waals surface area contributed by atoms with Gasteiger partial charge in [-0.15, -0.1) is 0 Å². The van der Waals surface area contributed by atoms with Crippen molar-refractivity contribution >= 4 is 22.8 Å². The van der Waals surface area contributed by atoms with Crippen LogP contribution in [-0.4, -0.2) is 28.8 Å². The second-order valence-corrected chi connectivity index (χ2v) is 9.99. The van der Waals surface area contributed by atoms with Crippen molar-refractivity contribution < 1.29 is 14.0 Å². The van der Waals surface area contributed by atoms with Gasteiger partial charge in [0.2, 0.25) is 5.91 Å². The van der Waals surface area contributed by atoms with Gasteiger partial charge in [-0.3, -0.25) is 9.59 Å². The second kappa shape index (κ2) is 8.69. The number of carbonyl (C=O) groups excluding carboxylic acids is 2. The first-order valence-corrected chi connectivity index (χ1v) is 12.1. The molecule has 172 valence electrons. The van der Waals surface area contributed by atoms with Gasteiger partial charge in [0.15, 0.2) is 0 Å². The molecule has 2 aliphatic rings. The molecule has 1 aromatic heterocycles. The molecule has 2 saturated carbocycles. The average Bonchev–Trinajstić information content (AvgIpc) is 3.72. The Balaban J connectivity index is 1.30. The van der Waals surface area contributed by atoms with Crippen LogP contribution in [0.15, 0.2) is 47.1 Å². The number of hydrogen-bond acceptors (Lipinski definition) is 3. The lowest BCUT2D eigenvalue weighted by Gasteiger charge is -2.23. The van der Waals surface area contributed by atoms with Crippen LogP contribution in [0.4, 0.5) is 0 Å². The van der Waals surface area contributed by atoms with E-state index in [1.54, 1.807) is 6.26 Å². The number of carbonyl (C=O) groups is 2. The molecule has 0 saturated heterocycles. The highest BCUT2D eigenvalue weighted by molar-refractivity contribution is 5.94. The third-order valence-corrected chi connectivity index (χ3v) is 6.80. The van der Waals surface area contributed by atoms with Gasteiger partial charge in [0.1, 0.15) is 5.58 Å². The van der Waals surface area contributed by atoms with E-state index in [0.717, 1.165) is 47.8 Å². The topological polar surface area (TPSA) is 62.6 Å². The number of nitrogens with one attached hydrogen (secondary N) is 1. The fraction of sp³-hybridized carbons (Fsp3) is 0.429. The summed E-state index contributed by atoms with van der Waals surface area (Å²) in [7, 11) is 0. The average molecular weight is 445 g/mol. The van der Waals surface area contributed by atoms with E-state index in [1.807, 2.05) is 29.2 Å². The van der Waals surface area contributed by atoms with Gasteiger partial charge in [0.05, 0.1) is 12.7 Å². The molecule has 5 nitrogen and oxygen atoms in total. The summed E-state index contributed by atoms with van der Waals surface area (Å²) >= 11 is 0. The summed E-state index contributed by atoms with van der Waals surface area (Å²) in [6.07, 6.45) is 6.34. The summed E-state index contributed by atoms with van der Waals surface area (Å²) in [6, 6.07) is 12.6. The Hall–Kier alpha value is -3.08. The summed E-state index contributed by atoms with van der Waals surface area (Å²) < 4.78 is 5.80. The third kappa shape index (κ3) is 4.82. The maximum atomic E-state index is 13.3. The molecular formula is C28H32N2O3. The molecule has 1 N–H and O–H groups in total. The highest BCUT2D eigenvalue weighted by Crippen LogP contribution is 2.32. The van der Waals surface area contributed by atoms with Gasteiger partial charge in [-0.05, 0) is 79.5 Å². The Bertz CT molecular complexity index is 1180. The molecule has 2 fully saturated rings. The zero-order valence-electron chi connectivity index (χ0n) is 19.7. The molecule has 0 unspecified atom stereocenters. The number of nitrogens with zero attached hydrogens (tertiary/aromatic N) is 1. The van der Waals surface area contributed by atoms with Crippen molar-refractivity contribution in [2.24, 2.45) is 0 Å². The normalized spacial score (nSPS) is 15.8. The maximum Gasteiger partial charge on any atom is 0.251 e. The van der Waals surface area contributed by atoms with Crippen LogP contribution in [-0.2, 0) is 17.8 Å². The monoisotopic (exact) mass is 444 g/mol. The summed E-state index contributed by atoms with van der Waals surface area (Å²) in [6.45, 7) is 7.06. The molecule has 0 aliphatic heterocycles. The standard InChI is InChI=1S/C28H32N2O3/c1-17(2)24-14-25-21(16-33-26(25)12-18(24)3)13-27(31)30(23-10-11-23)15-19-4-6-20(7-5-19)28(32)29-22-8-9-22/h4-7,12,14,16-17,22-23H,8-11,13,15H2,1-3H3,(H,29,32). The Morgan fingerprint density at radius 2 is 1.82 bits per heavy atom. The molecule has 0 bridgehead atoms. The molecular weight excluding hydrogens is 412 g/mol. The quantitative estimate of drug-likeness (QED) is 0.500. The minimum absolute atomic E-state index is 0.0120. The molecule has 2 amide bonds. The first-order valence-electron chi connectivity index (χ1n) is 12.1. The van der Waals surface area contributed by atoms with Crippen LogP contribution in [0.2, 0.25) is 0 Å². The summed E-state index contributed by atoms with van der Waals surface area (Å²) in [4.78, 5) is 27.6. The van der Waals surface area contributed by atoms with Gasteiger partial charge in [0.25, 0.3) is 5.91 Å². The lowest BCUT2D eigenvalue weighted by molar-refractivity contribution is -0.131. The number of aryl methyl sites for hydroxylation is 1. The Morgan fingerprint density at radius 1 is 1.09 bits per heavy atom. The summed E-state index contributed by atoms with van der Waals surface area (Å²) in [5.74, 6) is 0.537. The van der Waals surface area contributed by atoms with Crippen molar-refractivity contribution in [2.75, 3.05) is 0 Å². The van der Waals surface area contributed by atoms with Gasteiger partial charge in [0, 0.05) is 35.1 Å². The van der Waals surface area contributed by atoms with Crippen molar-refractivity contribution in [1.82, 2.24) is 10.2 Å². The number of benzene rings is 2. The van der Waals surface area contributed by atoms with E-state index in [-0.39, 0.29) is 11.8 Å². The van der Waals surface area contributed by atoms with E-state index in [0.29, 0.717) is 36.5 Å². The predicted octanol–water partition coefficient (Wildman–Crippen LogP) is 5.49. The Kier molecular flexibility index (Phi) is 5.73. The number of fused-ring (bicyclic) bond motifs is 1. The van der Waals surface area contributed by atoms with Gasteiger partial charge in [-0.1, -0.05) is 26.0 Å². The summed E-state index contributed by atoms with van der Waals surface area (Å²) in [5.41, 5.74) is 6.04. The lowest BCUT2D eigenvalue weighted by atomic mass is 9.95. The van der Waals surface area contributed by atoms with E-state index in [2.05, 4.69) is 38.2 Å². The van der Waals surface area contributed by atoms with E-state index in [1.165, 1.54) is 11.1 Å². The molecule has 5 rings (SSSR count). The van der Waals surface area contributed by atoms with Crippen LogP contribution in [0, 0.1) is 6.92 Å². The molecule has 0 atom stereocenters. The van der Waals surface area contributed by atoms with Gasteiger partial charge >= 0.3 is 0 Å². The van der Waals surface area contributed by atoms with Gasteiger partial charge in [-0.25, -0.2) is 0 Å². The minimum atomic E-state index is -0.0120. The van der Waals surface area contributed by atoms with Crippen molar-refractivity contribution in [3.8, 4) is 0 Å². The predicted molar refractivity (Wildman–Crippen MR) is 129 cm³/mol. The van der Waals surface area contributed by atoms with E-state index in [4.69, 9.17) is 4.42 Å². The minimum Gasteiger partial charge on any atom is -0.464 e. The molecule has 2 aromatic carbocycles. The molecule has 0 radical (unpaired) electrons. The van der Waals surface area contributed by atoms with E-state index in [9.17, 15) is 9.59 Å². The Labute approximate surface area is 195 Å². The van der Waals surface area contributed by atoms with Crippen molar-refractivity contribution in [1.29, 1.82) is 0 Å². The van der Waals surface area contributed by atoms with Crippen LogP contribution >= 0.6 is 0 Å². The molecule has 2 aliphatic carbocycles. The molecule has 0 spiro atoms. The SMILES string of the molecule is Cc1cc2occ(CC(=O)N(Cc3ccc(C(=O)NC4CC4)cc3)C3CC3)c2cc1C(C)C. The fourth-order valence-corrected chi connectivity index (χ4v) is 4.53. The number of hydrogen-bond donors (Lipinski definition) is 1. The van der Waals surface area contributed by atoms with Crippen LogP contribution in [0.1, 0.15) is 78.1 Å². The van der Waals surface area contributed by atoms with Crippen molar-refractivity contribution in [2.45, 2.75) is 77.4 Å². The molecule has 1 heterocycles. The summed E-state index contributed by atoms with van der Waals surface area (Å²) in [5, 5.41) is 4.06.